The average molecular weight is 274 g/mol. The minimum Gasteiger partial charge on any atom is -0.508 e. The van der Waals surface area contributed by atoms with Crippen molar-refractivity contribution in [3.63, 3.8) is 0 Å². The molecule has 0 aliphatic rings. The van der Waals surface area contributed by atoms with Crippen LogP contribution in [0.2, 0.25) is 0 Å². The van der Waals surface area contributed by atoms with Gasteiger partial charge in [0.05, 0.1) is 0 Å². The van der Waals surface area contributed by atoms with Crippen molar-refractivity contribution in [3.8, 4) is 28.7 Å². The van der Waals surface area contributed by atoms with Gasteiger partial charge in [0.15, 0.2) is 11.5 Å². The molecule has 2 aromatic rings. The van der Waals surface area contributed by atoms with Crippen LogP contribution in [-0.2, 0) is 5.41 Å². The summed E-state index contributed by atoms with van der Waals surface area (Å²) in [7, 11) is 0. The molecule has 0 saturated carbocycles. The maximum absolute atomic E-state index is 10.0. The molecule has 0 aromatic heterocycles. The predicted octanol–water partition coefficient (Wildman–Crippen LogP) is 3.89. The summed E-state index contributed by atoms with van der Waals surface area (Å²) in [6, 6.07) is 9.11. The highest BCUT2D eigenvalue weighted by molar-refractivity contribution is 5.48. The molecular formula is C16H18O4. The number of aromatic hydroxyl groups is 3. The third-order valence-electron chi connectivity index (χ3n) is 2.93. The van der Waals surface area contributed by atoms with Crippen molar-refractivity contribution in [1.29, 1.82) is 0 Å². The van der Waals surface area contributed by atoms with Crippen molar-refractivity contribution < 1.29 is 20.1 Å². The van der Waals surface area contributed by atoms with Crippen molar-refractivity contribution in [2.24, 2.45) is 0 Å². The molecule has 4 heteroatoms. The molecule has 106 valence electrons. The SMILES string of the molecule is CC(C)(C)c1ccc(Oc2cc(O)cc(O)c2)c(O)c1. The second-order valence-corrected chi connectivity index (χ2v) is 5.72. The first-order valence-electron chi connectivity index (χ1n) is 6.30. The number of phenols is 3. The van der Waals surface area contributed by atoms with E-state index in [0.29, 0.717) is 0 Å². The lowest BCUT2D eigenvalue weighted by molar-refractivity contribution is 0.400. The number of ether oxygens (including phenoxy) is 1. The fourth-order valence-electron chi connectivity index (χ4n) is 1.82. The van der Waals surface area contributed by atoms with Crippen molar-refractivity contribution in [3.05, 3.63) is 42.0 Å². The van der Waals surface area contributed by atoms with E-state index < -0.39 is 0 Å². The topological polar surface area (TPSA) is 69.9 Å². The van der Waals surface area contributed by atoms with Crippen molar-refractivity contribution >= 4 is 0 Å². The van der Waals surface area contributed by atoms with E-state index >= 15 is 0 Å². The minimum absolute atomic E-state index is 0.0141. The van der Waals surface area contributed by atoms with Crippen LogP contribution in [0.15, 0.2) is 36.4 Å². The Morgan fingerprint density at radius 2 is 1.45 bits per heavy atom. The Kier molecular flexibility index (Phi) is 3.49. The van der Waals surface area contributed by atoms with Gasteiger partial charge in [0.25, 0.3) is 0 Å². The molecule has 0 unspecified atom stereocenters. The van der Waals surface area contributed by atoms with Crippen LogP contribution in [0.3, 0.4) is 0 Å². The van der Waals surface area contributed by atoms with Crippen LogP contribution in [0, 0.1) is 0 Å². The van der Waals surface area contributed by atoms with Crippen LogP contribution in [-0.4, -0.2) is 15.3 Å². The van der Waals surface area contributed by atoms with Gasteiger partial charge in [-0.1, -0.05) is 26.8 Å². The molecule has 0 aliphatic carbocycles. The Hall–Kier alpha value is -2.36. The summed E-state index contributed by atoms with van der Waals surface area (Å²) in [5.41, 5.74) is 0.917. The Bertz CT molecular complexity index is 607. The Morgan fingerprint density at radius 1 is 0.850 bits per heavy atom. The Morgan fingerprint density at radius 3 is 1.95 bits per heavy atom. The summed E-state index contributed by atoms with van der Waals surface area (Å²) in [4.78, 5) is 0. The Balaban J connectivity index is 2.30. The maximum Gasteiger partial charge on any atom is 0.169 e. The van der Waals surface area contributed by atoms with E-state index in [9.17, 15) is 15.3 Å². The van der Waals surface area contributed by atoms with E-state index in [0.717, 1.165) is 5.56 Å². The van der Waals surface area contributed by atoms with E-state index in [1.165, 1.54) is 18.2 Å². The summed E-state index contributed by atoms with van der Waals surface area (Å²) in [6.07, 6.45) is 0. The van der Waals surface area contributed by atoms with Crippen LogP contribution in [0.4, 0.5) is 0 Å². The normalized spacial score (nSPS) is 11.3. The first kappa shape index (κ1) is 14.1. The molecule has 0 radical (unpaired) electrons. The molecule has 0 saturated heterocycles. The van der Waals surface area contributed by atoms with Crippen LogP contribution in [0.25, 0.3) is 0 Å². The van der Waals surface area contributed by atoms with Gasteiger partial charge in [0.1, 0.15) is 17.2 Å². The third-order valence-corrected chi connectivity index (χ3v) is 2.93. The molecule has 2 aromatic carbocycles. The van der Waals surface area contributed by atoms with Gasteiger partial charge < -0.3 is 20.1 Å². The lowest BCUT2D eigenvalue weighted by Gasteiger charge is -2.20. The van der Waals surface area contributed by atoms with Crippen molar-refractivity contribution in [1.82, 2.24) is 0 Å². The fourth-order valence-corrected chi connectivity index (χ4v) is 1.82. The highest BCUT2D eigenvalue weighted by Crippen LogP contribution is 2.36. The molecule has 4 nitrogen and oxygen atoms in total. The molecule has 2 rings (SSSR count). The second kappa shape index (κ2) is 4.96. The molecule has 0 atom stereocenters. The molecule has 0 aliphatic heterocycles. The molecule has 3 N–H and O–H groups in total. The number of benzene rings is 2. The molecule has 0 bridgehead atoms. The zero-order chi connectivity index (χ0) is 14.9. The smallest absolute Gasteiger partial charge is 0.169 e. The number of rotatable bonds is 2. The first-order valence-corrected chi connectivity index (χ1v) is 6.30. The standard InChI is InChI=1S/C16H18O4/c1-16(2,3)10-4-5-15(14(19)6-10)20-13-8-11(17)7-12(18)9-13/h4-9,17-19H,1-3H3. The zero-order valence-electron chi connectivity index (χ0n) is 11.7. The summed E-state index contributed by atoms with van der Waals surface area (Å²) in [5.74, 6) is 0.321. The minimum atomic E-state index is -0.106. The molecule has 0 fully saturated rings. The summed E-state index contributed by atoms with van der Waals surface area (Å²) < 4.78 is 5.47. The van der Waals surface area contributed by atoms with Gasteiger partial charge in [-0.25, -0.2) is 0 Å². The number of phenolic OH excluding ortho intramolecular Hbond substituents is 3. The third kappa shape index (κ3) is 3.15. The molecular weight excluding hydrogens is 256 g/mol. The van der Waals surface area contributed by atoms with Gasteiger partial charge in [0, 0.05) is 18.2 Å². The molecule has 0 heterocycles. The maximum atomic E-state index is 10.0. The predicted molar refractivity (Wildman–Crippen MR) is 76.7 cm³/mol. The lowest BCUT2D eigenvalue weighted by Crippen LogP contribution is -2.10. The van der Waals surface area contributed by atoms with Gasteiger partial charge >= 0.3 is 0 Å². The quantitative estimate of drug-likeness (QED) is 0.777. The lowest BCUT2D eigenvalue weighted by atomic mass is 9.87. The van der Waals surface area contributed by atoms with Crippen molar-refractivity contribution in [2.45, 2.75) is 26.2 Å². The first-order chi connectivity index (χ1) is 9.25. The van der Waals surface area contributed by atoms with Gasteiger partial charge in [-0.2, -0.15) is 0 Å². The highest BCUT2D eigenvalue weighted by Gasteiger charge is 2.16. The van der Waals surface area contributed by atoms with Gasteiger partial charge in [-0.05, 0) is 23.1 Å². The highest BCUT2D eigenvalue weighted by atomic mass is 16.5. The summed E-state index contributed by atoms with van der Waals surface area (Å²) in [5, 5.41) is 28.8. The van der Waals surface area contributed by atoms with E-state index in [-0.39, 0.29) is 34.2 Å². The zero-order valence-corrected chi connectivity index (χ0v) is 11.7. The Labute approximate surface area is 117 Å². The van der Waals surface area contributed by atoms with Gasteiger partial charge in [-0.3, -0.25) is 0 Å². The number of hydrogen-bond acceptors (Lipinski definition) is 4. The molecule has 0 spiro atoms. The van der Waals surface area contributed by atoms with Gasteiger partial charge in [-0.15, -0.1) is 0 Å². The largest absolute Gasteiger partial charge is 0.508 e. The van der Waals surface area contributed by atoms with Gasteiger partial charge in [0.2, 0.25) is 0 Å². The second-order valence-electron chi connectivity index (χ2n) is 5.72. The van der Waals surface area contributed by atoms with Crippen LogP contribution < -0.4 is 4.74 Å². The summed E-state index contributed by atoms with van der Waals surface area (Å²) >= 11 is 0. The van der Waals surface area contributed by atoms with E-state index in [1.807, 2.05) is 6.07 Å². The average Bonchev–Trinajstić information content (AvgIpc) is 2.29. The molecule has 20 heavy (non-hydrogen) atoms. The van der Waals surface area contributed by atoms with E-state index in [1.54, 1.807) is 12.1 Å². The summed E-state index contributed by atoms with van der Waals surface area (Å²) in [6.45, 7) is 6.15. The van der Waals surface area contributed by atoms with E-state index in [2.05, 4.69) is 20.8 Å². The fraction of sp³-hybridized carbons (Fsp3) is 0.250. The number of hydrogen-bond donors (Lipinski definition) is 3. The van der Waals surface area contributed by atoms with Crippen molar-refractivity contribution in [2.75, 3.05) is 0 Å². The monoisotopic (exact) mass is 274 g/mol. The molecule has 0 amide bonds. The van der Waals surface area contributed by atoms with Crippen LogP contribution >= 0.6 is 0 Å². The van der Waals surface area contributed by atoms with Crippen LogP contribution in [0.5, 0.6) is 28.7 Å². The van der Waals surface area contributed by atoms with E-state index in [4.69, 9.17) is 4.74 Å². The van der Waals surface area contributed by atoms with Crippen LogP contribution in [0.1, 0.15) is 26.3 Å².